The lowest BCUT2D eigenvalue weighted by Crippen LogP contribution is -2.62. The van der Waals surface area contributed by atoms with Gasteiger partial charge in [-0.05, 0) is 25.7 Å². The lowest BCUT2D eigenvalue weighted by atomic mass is 9.56. The van der Waals surface area contributed by atoms with Gasteiger partial charge in [-0.1, -0.05) is 13.8 Å². The quantitative estimate of drug-likeness (QED) is 0.432. The van der Waals surface area contributed by atoms with Crippen LogP contribution in [0.3, 0.4) is 0 Å². The molecule has 0 amide bonds. The predicted molar refractivity (Wildman–Crippen MR) is 58.7 cm³/mol. The molecule has 3 aliphatic heterocycles. The smallest absolute Gasteiger partial charge is 0.347 e. The summed E-state index contributed by atoms with van der Waals surface area (Å²) < 4.78 is 10.8. The Morgan fingerprint density at radius 3 is 2.39 bits per heavy atom. The van der Waals surface area contributed by atoms with E-state index in [0.29, 0.717) is 0 Å². The van der Waals surface area contributed by atoms with Gasteiger partial charge in [-0.3, -0.25) is 4.79 Å². The first kappa shape index (κ1) is 11.8. The van der Waals surface area contributed by atoms with E-state index in [9.17, 15) is 9.59 Å². The minimum atomic E-state index is -1.50. The molecule has 6 atom stereocenters. The second-order valence-electron chi connectivity index (χ2n) is 5.99. The average molecular weight is 252 g/mol. The van der Waals surface area contributed by atoms with Gasteiger partial charge in [0.25, 0.3) is 0 Å². The van der Waals surface area contributed by atoms with Crippen molar-refractivity contribution < 1.29 is 19.1 Å². The fourth-order valence-corrected chi connectivity index (χ4v) is 4.24. The molecule has 0 aromatic rings. The van der Waals surface area contributed by atoms with Crippen LogP contribution in [-0.2, 0) is 19.1 Å². The highest BCUT2D eigenvalue weighted by molar-refractivity contribution is 6.05. The van der Waals surface area contributed by atoms with Crippen molar-refractivity contribution in [3.63, 3.8) is 0 Å². The van der Waals surface area contributed by atoms with Crippen molar-refractivity contribution in [2.45, 2.75) is 44.4 Å². The van der Waals surface area contributed by atoms with Crippen molar-refractivity contribution in [2.24, 2.45) is 22.9 Å². The number of hydrogen-bond acceptors (Lipinski definition) is 6. The Bertz CT molecular complexity index is 492. The molecule has 3 unspecified atom stereocenters. The van der Waals surface area contributed by atoms with Crippen molar-refractivity contribution >= 4 is 11.9 Å². The zero-order chi connectivity index (χ0) is 13.5. The molecule has 0 radical (unpaired) electrons. The number of cyclic esters (lactones) is 2. The Morgan fingerprint density at radius 2 is 1.83 bits per heavy atom. The normalized spacial score (nSPS) is 57.7. The first-order valence-corrected chi connectivity index (χ1v) is 6.10. The summed E-state index contributed by atoms with van der Waals surface area (Å²) in [7, 11) is 0. The maximum Gasteiger partial charge on any atom is 0.347 e. The molecule has 0 aromatic heterocycles. The number of esters is 2. The topological polar surface area (TPSA) is 88.8 Å². The second kappa shape index (κ2) is 2.82. The maximum atomic E-state index is 12.1. The van der Waals surface area contributed by atoms with E-state index in [1.54, 1.807) is 6.92 Å². The van der Waals surface area contributed by atoms with Crippen LogP contribution in [0.2, 0.25) is 0 Å². The average Bonchev–Trinajstić information content (AvgIpc) is 2.76. The number of nitrogens with zero attached hydrogens (tertiary/aromatic N) is 1. The van der Waals surface area contributed by atoms with Crippen LogP contribution < -0.4 is 0 Å². The minimum Gasteiger partial charge on any atom is -0.391 e. The molecule has 3 rings (SSSR count). The lowest BCUT2D eigenvalue weighted by molar-refractivity contribution is -0.163. The Balaban J connectivity index is 2.30. The van der Waals surface area contributed by atoms with Crippen LogP contribution >= 0.6 is 0 Å². The van der Waals surface area contributed by atoms with E-state index in [0.717, 1.165) is 0 Å². The summed E-state index contributed by atoms with van der Waals surface area (Å²) in [6.45, 7) is 7.54. The SMILES string of the molecule is C[C@@H]1[C@H](C)C2(C)OC1(C)[C@]1(N=N)C(=O)OC(=O)C21. The molecule has 18 heavy (non-hydrogen) atoms. The van der Waals surface area contributed by atoms with Gasteiger partial charge in [-0.2, -0.15) is 5.11 Å². The van der Waals surface area contributed by atoms with Gasteiger partial charge in [-0.25, -0.2) is 10.3 Å². The van der Waals surface area contributed by atoms with E-state index in [1.807, 2.05) is 20.8 Å². The fraction of sp³-hybridized carbons (Fsp3) is 0.833. The van der Waals surface area contributed by atoms with Crippen molar-refractivity contribution in [3.05, 3.63) is 0 Å². The van der Waals surface area contributed by atoms with E-state index in [4.69, 9.17) is 15.0 Å². The zero-order valence-electron chi connectivity index (χ0n) is 10.8. The van der Waals surface area contributed by atoms with Gasteiger partial charge in [-0.15, -0.1) is 0 Å². The summed E-state index contributed by atoms with van der Waals surface area (Å²) in [4.78, 5) is 24.0. The van der Waals surface area contributed by atoms with E-state index < -0.39 is 34.6 Å². The molecule has 3 saturated heterocycles. The Morgan fingerprint density at radius 1 is 1.22 bits per heavy atom. The van der Waals surface area contributed by atoms with Gasteiger partial charge in [0.05, 0.1) is 5.60 Å². The van der Waals surface area contributed by atoms with Crippen molar-refractivity contribution in [1.82, 2.24) is 0 Å². The third-order valence-corrected chi connectivity index (χ3v) is 5.62. The summed E-state index contributed by atoms with van der Waals surface area (Å²) in [6, 6.07) is 0. The monoisotopic (exact) mass is 252 g/mol. The van der Waals surface area contributed by atoms with Crippen molar-refractivity contribution in [3.8, 4) is 0 Å². The first-order valence-electron chi connectivity index (χ1n) is 6.10. The molecule has 6 nitrogen and oxygen atoms in total. The van der Waals surface area contributed by atoms with Gasteiger partial charge >= 0.3 is 11.9 Å². The molecule has 2 bridgehead atoms. The highest BCUT2D eigenvalue weighted by Crippen LogP contribution is 2.67. The van der Waals surface area contributed by atoms with Gasteiger partial charge in [0.1, 0.15) is 11.5 Å². The summed E-state index contributed by atoms with van der Waals surface area (Å²) in [5.74, 6) is -2.03. The number of rotatable bonds is 1. The minimum absolute atomic E-state index is 0.0197. The number of nitrogens with one attached hydrogen (secondary N) is 1. The number of carbonyl (C=O) groups is 2. The summed E-state index contributed by atoms with van der Waals surface area (Å²) in [6.07, 6.45) is 0. The van der Waals surface area contributed by atoms with Crippen molar-refractivity contribution in [1.29, 1.82) is 5.53 Å². The van der Waals surface area contributed by atoms with E-state index in [2.05, 4.69) is 5.11 Å². The van der Waals surface area contributed by atoms with Crippen LogP contribution in [0, 0.1) is 23.3 Å². The van der Waals surface area contributed by atoms with Crippen molar-refractivity contribution in [2.75, 3.05) is 0 Å². The molecule has 98 valence electrons. The van der Waals surface area contributed by atoms with Crippen LogP contribution in [0.25, 0.3) is 0 Å². The van der Waals surface area contributed by atoms with Crippen LogP contribution in [0.5, 0.6) is 0 Å². The maximum absolute atomic E-state index is 12.1. The fourth-order valence-electron chi connectivity index (χ4n) is 4.24. The first-order chi connectivity index (χ1) is 8.25. The highest BCUT2D eigenvalue weighted by Gasteiger charge is 2.85. The summed E-state index contributed by atoms with van der Waals surface area (Å²) >= 11 is 0. The number of hydrogen-bond donors (Lipinski definition) is 1. The van der Waals surface area contributed by atoms with Crippen LogP contribution in [0.1, 0.15) is 27.7 Å². The Labute approximate surface area is 105 Å². The molecule has 3 fully saturated rings. The summed E-state index contributed by atoms with van der Waals surface area (Å²) in [5.41, 5.74) is 4.22. The van der Waals surface area contributed by atoms with Crippen LogP contribution in [-0.4, -0.2) is 28.7 Å². The van der Waals surface area contributed by atoms with E-state index in [-0.39, 0.29) is 11.8 Å². The number of fused-ring (bicyclic) bond motifs is 5. The molecule has 0 aromatic carbocycles. The molecule has 3 heterocycles. The van der Waals surface area contributed by atoms with Gasteiger partial charge < -0.3 is 9.47 Å². The molecular formula is C12H16N2O4. The highest BCUT2D eigenvalue weighted by atomic mass is 16.6. The van der Waals surface area contributed by atoms with Crippen LogP contribution in [0.4, 0.5) is 0 Å². The molecule has 6 heteroatoms. The van der Waals surface area contributed by atoms with Gasteiger partial charge in [0, 0.05) is 0 Å². The predicted octanol–water partition coefficient (Wildman–Crippen LogP) is 1.29. The van der Waals surface area contributed by atoms with Crippen LogP contribution in [0.15, 0.2) is 5.11 Å². The molecular weight excluding hydrogens is 236 g/mol. The van der Waals surface area contributed by atoms with Gasteiger partial charge in [0.2, 0.25) is 5.54 Å². The lowest BCUT2D eigenvalue weighted by Gasteiger charge is -2.42. The largest absolute Gasteiger partial charge is 0.391 e. The van der Waals surface area contributed by atoms with E-state index >= 15 is 0 Å². The van der Waals surface area contributed by atoms with Gasteiger partial charge in [0.15, 0.2) is 0 Å². The Kier molecular flexibility index (Phi) is 1.84. The molecule has 3 aliphatic rings. The molecule has 0 spiro atoms. The number of ether oxygens (including phenoxy) is 2. The molecule has 1 N–H and O–H groups in total. The summed E-state index contributed by atoms with van der Waals surface area (Å²) in [5, 5.41) is 3.53. The third kappa shape index (κ3) is 0.801. The standard InChI is InChI=1S/C12H16N2O4/c1-5-6(2)11(4)12(14-13)7(10(5,3)18-11)8(15)17-9(12)16/h5-7,13H,1-4H3/t5-,6+,7?,10?,11?,12+/m0/s1. The number of carbonyl (C=O) groups excluding carboxylic acids is 2. The zero-order valence-corrected chi connectivity index (χ0v) is 10.8. The molecule has 0 saturated carbocycles. The third-order valence-electron chi connectivity index (χ3n) is 5.62. The Hall–Kier alpha value is -1.30. The van der Waals surface area contributed by atoms with E-state index in [1.165, 1.54) is 0 Å². The molecule has 0 aliphatic carbocycles. The second-order valence-corrected chi connectivity index (χ2v) is 5.99.